The lowest BCUT2D eigenvalue weighted by Gasteiger charge is -2.11. The number of H-pyrrole nitrogens is 1. The van der Waals surface area contributed by atoms with Crippen LogP contribution in [0.2, 0.25) is 5.15 Å². The van der Waals surface area contributed by atoms with Crippen LogP contribution in [-0.2, 0) is 6.42 Å². The Morgan fingerprint density at radius 2 is 1.82 bits per heavy atom. The minimum atomic E-state index is -0.154. The lowest BCUT2D eigenvalue weighted by molar-refractivity contribution is 1.14. The normalized spacial score (nSPS) is 10.9. The molecule has 0 bridgehead atoms. The zero-order valence-electron chi connectivity index (χ0n) is 15.2. The summed E-state index contributed by atoms with van der Waals surface area (Å²) in [5, 5.41) is 0.366. The summed E-state index contributed by atoms with van der Waals surface area (Å²) in [6, 6.07) is 13.3. The van der Waals surface area contributed by atoms with E-state index in [4.69, 9.17) is 21.6 Å². The van der Waals surface area contributed by atoms with E-state index in [1.165, 1.54) is 0 Å². The van der Waals surface area contributed by atoms with Crippen LogP contribution in [0.3, 0.4) is 0 Å². The summed E-state index contributed by atoms with van der Waals surface area (Å²) >= 11 is 6.18. The van der Waals surface area contributed by atoms with Crippen molar-refractivity contribution >= 4 is 22.8 Å². The molecular weight excluding hydrogens is 372 g/mol. The first kappa shape index (κ1) is 18.1. The fourth-order valence-electron chi connectivity index (χ4n) is 3.14. The first-order chi connectivity index (χ1) is 13.6. The topological polar surface area (TPSA) is 71.5 Å². The van der Waals surface area contributed by atoms with E-state index in [1.54, 1.807) is 18.3 Å². The quantitative estimate of drug-likeness (QED) is 0.405. The van der Waals surface area contributed by atoms with Gasteiger partial charge in [0, 0.05) is 28.6 Å². The van der Waals surface area contributed by atoms with Gasteiger partial charge >= 0.3 is 0 Å². The molecule has 0 aliphatic heterocycles. The van der Waals surface area contributed by atoms with E-state index in [0.29, 0.717) is 39.7 Å². The third kappa shape index (κ3) is 3.32. The van der Waals surface area contributed by atoms with E-state index in [9.17, 15) is 4.79 Å². The predicted octanol–water partition coefficient (Wildman–Crippen LogP) is 4.74. The Bertz CT molecular complexity index is 1230. The van der Waals surface area contributed by atoms with Gasteiger partial charge in [-0.05, 0) is 25.5 Å². The van der Waals surface area contributed by atoms with Gasteiger partial charge in [0.05, 0.1) is 11.4 Å². The fraction of sp³-hybridized carbons (Fsp3) is 0.0909. The molecular formula is C22H17ClN4O. The van der Waals surface area contributed by atoms with Crippen LogP contribution in [0.4, 0.5) is 0 Å². The summed E-state index contributed by atoms with van der Waals surface area (Å²) in [5.74, 6) is 0. The molecule has 0 aliphatic carbocycles. The lowest BCUT2D eigenvalue weighted by atomic mass is 10.0. The van der Waals surface area contributed by atoms with Crippen molar-refractivity contribution in [1.82, 2.24) is 19.9 Å². The summed E-state index contributed by atoms with van der Waals surface area (Å²) in [6.45, 7) is 5.57. The average Bonchev–Trinajstić information content (AvgIpc) is 2.69. The van der Waals surface area contributed by atoms with E-state index in [0.717, 1.165) is 16.8 Å². The van der Waals surface area contributed by atoms with Crippen LogP contribution in [0, 0.1) is 6.92 Å². The number of nitrogens with one attached hydrogen (secondary N) is 1. The number of pyridine rings is 2. The minimum Gasteiger partial charge on any atom is -0.344 e. The van der Waals surface area contributed by atoms with Gasteiger partial charge in [0.1, 0.15) is 5.15 Å². The molecule has 0 saturated heterocycles. The third-order valence-electron chi connectivity index (χ3n) is 4.39. The van der Waals surface area contributed by atoms with Crippen molar-refractivity contribution in [2.75, 3.05) is 0 Å². The number of fused-ring (bicyclic) bond motifs is 1. The number of hydrogen-bond donors (Lipinski definition) is 1. The number of rotatable bonds is 4. The first-order valence-electron chi connectivity index (χ1n) is 8.80. The maximum Gasteiger partial charge on any atom is 0.212 e. The van der Waals surface area contributed by atoms with Crippen molar-refractivity contribution in [2.45, 2.75) is 13.3 Å². The number of halogens is 1. The highest BCUT2D eigenvalue weighted by atomic mass is 35.5. The Labute approximate surface area is 166 Å². The van der Waals surface area contributed by atoms with E-state index in [1.807, 2.05) is 43.3 Å². The van der Waals surface area contributed by atoms with E-state index in [-0.39, 0.29) is 5.43 Å². The number of aromatic nitrogens is 4. The third-order valence-corrected chi connectivity index (χ3v) is 4.59. The number of hydrogen-bond acceptors (Lipinski definition) is 4. The Morgan fingerprint density at radius 1 is 1.07 bits per heavy atom. The van der Waals surface area contributed by atoms with Crippen LogP contribution in [0.15, 0.2) is 66.1 Å². The molecule has 5 nitrogen and oxygen atoms in total. The van der Waals surface area contributed by atoms with Crippen LogP contribution in [-0.4, -0.2) is 19.9 Å². The summed E-state index contributed by atoms with van der Waals surface area (Å²) < 4.78 is 0. The zero-order chi connectivity index (χ0) is 19.7. The monoisotopic (exact) mass is 388 g/mol. The van der Waals surface area contributed by atoms with Gasteiger partial charge < -0.3 is 4.98 Å². The first-order valence-corrected chi connectivity index (χ1v) is 9.18. The molecule has 4 aromatic rings. The van der Waals surface area contributed by atoms with Gasteiger partial charge in [-0.3, -0.25) is 4.79 Å². The molecule has 0 aliphatic rings. The second-order valence-electron chi connectivity index (χ2n) is 6.44. The molecule has 28 heavy (non-hydrogen) atoms. The molecule has 0 fully saturated rings. The van der Waals surface area contributed by atoms with Crippen LogP contribution in [0.1, 0.15) is 11.3 Å². The summed E-state index contributed by atoms with van der Waals surface area (Å²) in [5.41, 5.74) is 4.86. The van der Waals surface area contributed by atoms with Crippen molar-refractivity contribution in [2.24, 2.45) is 0 Å². The second-order valence-corrected chi connectivity index (χ2v) is 6.83. The SMILES string of the molecule is C=CCc1c[nH]c2nc(-c3ccccc3)c(-c3cc(C)nc(Cl)c3)nc2c1=O. The Kier molecular flexibility index (Phi) is 4.75. The number of nitrogens with zero attached hydrogens (tertiary/aromatic N) is 3. The minimum absolute atomic E-state index is 0.154. The number of benzene rings is 1. The van der Waals surface area contributed by atoms with Crippen LogP contribution in [0.5, 0.6) is 0 Å². The fourth-order valence-corrected chi connectivity index (χ4v) is 3.39. The summed E-state index contributed by atoms with van der Waals surface area (Å²) in [4.78, 5) is 29.6. The van der Waals surface area contributed by atoms with Gasteiger partial charge in [0.2, 0.25) is 5.43 Å². The molecule has 138 valence electrons. The number of aromatic amines is 1. The molecule has 0 radical (unpaired) electrons. The molecule has 4 rings (SSSR count). The van der Waals surface area contributed by atoms with Gasteiger partial charge in [-0.25, -0.2) is 15.0 Å². The van der Waals surface area contributed by atoms with Crippen LogP contribution >= 0.6 is 11.6 Å². The van der Waals surface area contributed by atoms with E-state index in [2.05, 4.69) is 16.5 Å². The van der Waals surface area contributed by atoms with E-state index < -0.39 is 0 Å². The van der Waals surface area contributed by atoms with Gasteiger partial charge in [-0.1, -0.05) is 48.0 Å². The number of aryl methyl sites for hydroxylation is 1. The highest BCUT2D eigenvalue weighted by molar-refractivity contribution is 6.29. The van der Waals surface area contributed by atoms with Crippen molar-refractivity contribution in [3.05, 3.63) is 88.0 Å². The predicted molar refractivity (Wildman–Crippen MR) is 112 cm³/mol. The molecule has 1 aromatic carbocycles. The lowest BCUT2D eigenvalue weighted by Crippen LogP contribution is -2.13. The molecule has 0 spiro atoms. The molecule has 3 heterocycles. The largest absolute Gasteiger partial charge is 0.344 e. The molecule has 0 atom stereocenters. The highest BCUT2D eigenvalue weighted by Crippen LogP contribution is 2.31. The molecule has 1 N–H and O–H groups in total. The van der Waals surface area contributed by atoms with Gasteiger partial charge in [-0.15, -0.1) is 6.58 Å². The summed E-state index contributed by atoms with van der Waals surface area (Å²) in [7, 11) is 0. The standard InChI is InChI=1S/C22H17ClN4O/c1-3-7-15-12-24-22-20(21(15)28)26-19(16-10-13(2)25-17(23)11-16)18(27-22)14-8-5-4-6-9-14/h3-6,8-12H,1,7H2,2H3,(H,24,27,28). The summed E-state index contributed by atoms with van der Waals surface area (Å²) in [6.07, 6.45) is 3.82. The Hall–Kier alpha value is -3.31. The van der Waals surface area contributed by atoms with Crippen molar-refractivity contribution in [1.29, 1.82) is 0 Å². The van der Waals surface area contributed by atoms with Crippen LogP contribution < -0.4 is 5.43 Å². The van der Waals surface area contributed by atoms with Crippen molar-refractivity contribution in [3.63, 3.8) is 0 Å². The smallest absolute Gasteiger partial charge is 0.212 e. The molecule has 0 amide bonds. The zero-order valence-corrected chi connectivity index (χ0v) is 16.0. The highest BCUT2D eigenvalue weighted by Gasteiger charge is 2.17. The molecule has 0 unspecified atom stereocenters. The van der Waals surface area contributed by atoms with E-state index >= 15 is 0 Å². The maximum absolute atomic E-state index is 12.9. The molecule has 6 heteroatoms. The molecule has 3 aromatic heterocycles. The van der Waals surface area contributed by atoms with Crippen molar-refractivity contribution < 1.29 is 0 Å². The average molecular weight is 389 g/mol. The Morgan fingerprint density at radius 3 is 2.54 bits per heavy atom. The van der Waals surface area contributed by atoms with Gasteiger partial charge in [0.25, 0.3) is 0 Å². The molecule has 0 saturated carbocycles. The van der Waals surface area contributed by atoms with Gasteiger partial charge in [-0.2, -0.15) is 0 Å². The number of allylic oxidation sites excluding steroid dienone is 1. The Balaban J connectivity index is 2.07. The van der Waals surface area contributed by atoms with Crippen LogP contribution in [0.25, 0.3) is 33.7 Å². The maximum atomic E-state index is 12.9. The second kappa shape index (κ2) is 7.37. The van der Waals surface area contributed by atoms with Crippen molar-refractivity contribution in [3.8, 4) is 22.5 Å². The van der Waals surface area contributed by atoms with Gasteiger partial charge in [0.15, 0.2) is 11.2 Å².